The molecule has 1 heterocycles. The van der Waals surface area contributed by atoms with Gasteiger partial charge < -0.3 is 14.8 Å². The van der Waals surface area contributed by atoms with E-state index < -0.39 is 6.10 Å². The van der Waals surface area contributed by atoms with Crippen molar-refractivity contribution in [1.29, 1.82) is 0 Å². The molecule has 0 amide bonds. The highest BCUT2D eigenvalue weighted by Gasteiger charge is 2.08. The molecule has 0 fully saturated rings. The van der Waals surface area contributed by atoms with Gasteiger partial charge in [0.25, 0.3) is 0 Å². The van der Waals surface area contributed by atoms with Crippen molar-refractivity contribution in [2.24, 2.45) is 0 Å². The van der Waals surface area contributed by atoms with Gasteiger partial charge in [-0.25, -0.2) is 4.79 Å². The maximum atomic E-state index is 11.5. The number of aromatic nitrogens is 1. The Balaban J connectivity index is 2.25. The molecule has 0 saturated heterocycles. The van der Waals surface area contributed by atoms with Gasteiger partial charge in [0.1, 0.15) is 0 Å². The molecule has 2 rings (SSSR count). The van der Waals surface area contributed by atoms with Crippen molar-refractivity contribution >= 4 is 28.4 Å². The molecule has 0 aliphatic rings. The molecule has 5 nitrogen and oxygen atoms in total. The Morgan fingerprint density at radius 3 is 3.00 bits per heavy atom. The Morgan fingerprint density at radius 1 is 1.56 bits per heavy atom. The number of hydrogen-bond donors (Lipinski definition) is 2. The van der Waals surface area contributed by atoms with Gasteiger partial charge in [0, 0.05) is 24.8 Å². The summed E-state index contributed by atoms with van der Waals surface area (Å²) >= 11 is 5.50. The van der Waals surface area contributed by atoms with Crippen LogP contribution >= 0.6 is 11.6 Å². The Hall–Kier alpha value is -1.46. The first-order valence-electron chi connectivity index (χ1n) is 5.77. The molecule has 0 bridgehead atoms. The van der Waals surface area contributed by atoms with E-state index in [0.29, 0.717) is 18.7 Å². The van der Waals surface area contributed by atoms with E-state index in [4.69, 9.17) is 16.0 Å². The summed E-state index contributed by atoms with van der Waals surface area (Å²) in [4.78, 5) is 11.5. The third-order valence-electron chi connectivity index (χ3n) is 2.70. The van der Waals surface area contributed by atoms with Gasteiger partial charge in [0.2, 0.25) is 0 Å². The number of fused-ring (bicyclic) bond motifs is 1. The van der Waals surface area contributed by atoms with Crippen LogP contribution in [0.2, 0.25) is 0 Å². The van der Waals surface area contributed by atoms with Crippen molar-refractivity contribution in [3.05, 3.63) is 28.7 Å². The number of halogens is 1. The highest BCUT2D eigenvalue weighted by atomic mass is 35.5. The number of aliphatic hydroxyl groups is 1. The number of benzene rings is 1. The fourth-order valence-electron chi connectivity index (χ4n) is 1.77. The fraction of sp³-hybridized carbons (Fsp3) is 0.417. The first kappa shape index (κ1) is 13.0. The number of oxazole rings is 1. The fourth-order valence-corrected chi connectivity index (χ4v) is 1.88. The van der Waals surface area contributed by atoms with Crippen LogP contribution in [0.15, 0.2) is 27.4 Å². The standard InChI is InChI=1S/C12H15ClN2O3/c1-2-15-10-4-3-8(14-7-9(16)6-13)5-11(10)18-12(15)17/h3-5,9,14,16H,2,6-7H2,1H3. The monoisotopic (exact) mass is 270 g/mol. The predicted molar refractivity (Wildman–Crippen MR) is 71.4 cm³/mol. The number of aliphatic hydroxyl groups excluding tert-OH is 1. The number of rotatable bonds is 5. The average molecular weight is 271 g/mol. The molecular weight excluding hydrogens is 256 g/mol. The second-order valence-corrected chi connectivity index (χ2v) is 4.29. The summed E-state index contributed by atoms with van der Waals surface area (Å²) < 4.78 is 6.70. The summed E-state index contributed by atoms with van der Waals surface area (Å²) in [6.45, 7) is 2.82. The van der Waals surface area contributed by atoms with Crippen LogP contribution in [0, 0.1) is 0 Å². The molecule has 2 aromatic rings. The second-order valence-electron chi connectivity index (χ2n) is 3.98. The molecule has 0 aliphatic carbocycles. The van der Waals surface area contributed by atoms with Gasteiger partial charge in [-0.05, 0) is 19.1 Å². The molecule has 0 saturated carbocycles. The summed E-state index contributed by atoms with van der Waals surface area (Å²) in [5.41, 5.74) is 2.09. The smallest absolute Gasteiger partial charge is 0.408 e. The van der Waals surface area contributed by atoms with E-state index in [1.807, 2.05) is 19.1 Å². The first-order valence-corrected chi connectivity index (χ1v) is 6.30. The quantitative estimate of drug-likeness (QED) is 0.811. The van der Waals surface area contributed by atoms with E-state index in [-0.39, 0.29) is 11.6 Å². The van der Waals surface area contributed by atoms with Crippen LogP contribution < -0.4 is 11.1 Å². The van der Waals surface area contributed by atoms with Gasteiger partial charge in [-0.15, -0.1) is 11.6 Å². The lowest BCUT2D eigenvalue weighted by Crippen LogP contribution is -2.20. The van der Waals surface area contributed by atoms with Gasteiger partial charge in [0.15, 0.2) is 5.58 Å². The van der Waals surface area contributed by atoms with Gasteiger partial charge in [-0.2, -0.15) is 0 Å². The van der Waals surface area contributed by atoms with Crippen LogP contribution in [0.1, 0.15) is 6.92 Å². The molecule has 1 atom stereocenters. The number of hydrogen-bond acceptors (Lipinski definition) is 4. The van der Waals surface area contributed by atoms with Crippen molar-refractivity contribution in [3.8, 4) is 0 Å². The number of nitrogens with one attached hydrogen (secondary N) is 1. The molecule has 98 valence electrons. The maximum Gasteiger partial charge on any atom is 0.419 e. The normalized spacial score (nSPS) is 12.8. The Kier molecular flexibility index (Phi) is 3.93. The average Bonchev–Trinajstić information content (AvgIpc) is 2.70. The topological polar surface area (TPSA) is 67.4 Å². The van der Waals surface area contributed by atoms with Crippen molar-refractivity contribution < 1.29 is 9.52 Å². The zero-order chi connectivity index (χ0) is 13.1. The Labute approximate surface area is 109 Å². The zero-order valence-corrected chi connectivity index (χ0v) is 10.8. The second kappa shape index (κ2) is 5.46. The summed E-state index contributed by atoms with van der Waals surface area (Å²) in [5, 5.41) is 12.4. The minimum atomic E-state index is -0.602. The van der Waals surface area contributed by atoms with Crippen LogP contribution in [0.5, 0.6) is 0 Å². The first-order chi connectivity index (χ1) is 8.65. The summed E-state index contributed by atoms with van der Waals surface area (Å²) in [6.07, 6.45) is -0.602. The van der Waals surface area contributed by atoms with Crippen molar-refractivity contribution in [2.75, 3.05) is 17.7 Å². The predicted octanol–water partition coefficient (Wildman–Crippen LogP) is 1.63. The van der Waals surface area contributed by atoms with E-state index >= 15 is 0 Å². The van der Waals surface area contributed by atoms with Gasteiger partial charge >= 0.3 is 5.76 Å². The molecule has 1 unspecified atom stereocenters. The molecule has 6 heteroatoms. The zero-order valence-electron chi connectivity index (χ0n) is 10.0. The molecule has 18 heavy (non-hydrogen) atoms. The third-order valence-corrected chi connectivity index (χ3v) is 3.06. The molecular formula is C12H15ClN2O3. The van der Waals surface area contributed by atoms with E-state index in [1.54, 1.807) is 10.6 Å². The van der Waals surface area contributed by atoms with Crippen LogP contribution in [-0.2, 0) is 6.54 Å². The lowest BCUT2D eigenvalue weighted by molar-refractivity contribution is 0.211. The number of aryl methyl sites for hydroxylation is 1. The SMILES string of the molecule is CCn1c(=O)oc2cc(NCC(O)CCl)ccc21. The largest absolute Gasteiger partial charge is 0.419 e. The van der Waals surface area contributed by atoms with Gasteiger partial charge in [0.05, 0.1) is 17.5 Å². The van der Waals surface area contributed by atoms with Crippen LogP contribution in [0.25, 0.3) is 11.1 Å². The van der Waals surface area contributed by atoms with Crippen molar-refractivity contribution in [3.63, 3.8) is 0 Å². The summed E-state index contributed by atoms with van der Waals surface area (Å²) in [5.74, 6) is -0.179. The molecule has 1 aromatic carbocycles. The van der Waals surface area contributed by atoms with Crippen LogP contribution in [0.3, 0.4) is 0 Å². The molecule has 2 N–H and O–H groups in total. The molecule has 0 radical (unpaired) electrons. The minimum Gasteiger partial charge on any atom is -0.408 e. The summed E-state index contributed by atoms with van der Waals surface area (Å²) in [6, 6.07) is 5.40. The van der Waals surface area contributed by atoms with Gasteiger partial charge in [-0.3, -0.25) is 4.57 Å². The molecule has 0 aliphatic heterocycles. The summed E-state index contributed by atoms with van der Waals surface area (Å²) in [7, 11) is 0. The highest BCUT2D eigenvalue weighted by Crippen LogP contribution is 2.18. The van der Waals surface area contributed by atoms with Crippen molar-refractivity contribution in [1.82, 2.24) is 4.57 Å². The van der Waals surface area contributed by atoms with E-state index in [2.05, 4.69) is 5.32 Å². The van der Waals surface area contributed by atoms with Crippen molar-refractivity contribution in [2.45, 2.75) is 19.6 Å². The molecule has 0 spiro atoms. The number of alkyl halides is 1. The van der Waals surface area contributed by atoms with Crippen LogP contribution in [0.4, 0.5) is 5.69 Å². The maximum absolute atomic E-state index is 11.5. The Bertz CT molecular complexity index is 591. The molecule has 1 aromatic heterocycles. The lowest BCUT2D eigenvalue weighted by atomic mass is 10.2. The van der Waals surface area contributed by atoms with E-state index in [9.17, 15) is 9.90 Å². The number of anilines is 1. The van der Waals surface area contributed by atoms with E-state index in [0.717, 1.165) is 11.2 Å². The lowest BCUT2D eigenvalue weighted by Gasteiger charge is -2.09. The number of nitrogens with zero attached hydrogens (tertiary/aromatic N) is 1. The Morgan fingerprint density at radius 2 is 2.33 bits per heavy atom. The highest BCUT2D eigenvalue weighted by molar-refractivity contribution is 6.18. The minimum absolute atomic E-state index is 0.177. The van der Waals surface area contributed by atoms with Gasteiger partial charge in [-0.1, -0.05) is 0 Å². The third kappa shape index (κ3) is 2.52. The van der Waals surface area contributed by atoms with E-state index in [1.165, 1.54) is 0 Å². The van der Waals surface area contributed by atoms with Crippen LogP contribution in [-0.4, -0.2) is 28.2 Å².